The lowest BCUT2D eigenvalue weighted by molar-refractivity contribution is 0.632. The summed E-state index contributed by atoms with van der Waals surface area (Å²) in [5.41, 5.74) is 13.9. The van der Waals surface area contributed by atoms with Crippen molar-refractivity contribution in [1.82, 2.24) is 0 Å². The van der Waals surface area contributed by atoms with Crippen molar-refractivity contribution in [3.63, 3.8) is 0 Å². The minimum absolute atomic E-state index is 0.376. The molecule has 0 aromatic heterocycles. The lowest BCUT2D eigenvalue weighted by Gasteiger charge is -2.45. The van der Waals surface area contributed by atoms with Gasteiger partial charge >= 0.3 is 0 Å². The van der Waals surface area contributed by atoms with Crippen LogP contribution in [-0.4, -0.2) is 0 Å². The van der Waals surface area contributed by atoms with Crippen LogP contribution in [0.1, 0.15) is 25.0 Å². The first-order valence-electron chi connectivity index (χ1n) is 21.9. The zero-order valence-corrected chi connectivity index (χ0v) is 35.3. The van der Waals surface area contributed by atoms with Gasteiger partial charge in [-0.25, -0.2) is 0 Å². The Morgan fingerprint density at radius 2 is 0.889 bits per heavy atom. The molecular formula is C61H44N2. The lowest BCUT2D eigenvalue weighted by atomic mass is 9.72. The fourth-order valence-electron chi connectivity index (χ4n) is 10.5. The van der Waals surface area contributed by atoms with Gasteiger partial charge < -0.3 is 9.80 Å². The molecule has 0 radical (unpaired) electrons. The summed E-state index contributed by atoms with van der Waals surface area (Å²) in [6.45, 7) is 4.81. The molecule has 12 rings (SSSR count). The smallest absolute Gasteiger partial charge is 0.0618 e. The molecule has 0 saturated heterocycles. The Hall–Kier alpha value is -7.94. The van der Waals surface area contributed by atoms with Gasteiger partial charge in [-0.15, -0.1) is 0 Å². The molecule has 0 bridgehead atoms. The standard InChI is InChI=1S/C61H44N2/c1-61(2)55-28-15-16-29-56(55)63(60-47-23-10-9-22-44(47)34-38-48(60)43-20-7-4-8-21-43)58-31-17-30-57(59(58)61)62(45-35-32-42(33-36-45)41-18-5-3-6-19-41)46-37-39-53-51-26-12-11-24-49(51)50-25-13-14-27-52(50)54(53)40-46/h3-40H,1-2H3. The van der Waals surface area contributed by atoms with Crippen LogP contribution in [0, 0.1) is 0 Å². The molecule has 0 amide bonds. The highest BCUT2D eigenvalue weighted by Gasteiger charge is 2.41. The van der Waals surface area contributed by atoms with Crippen molar-refractivity contribution in [1.29, 1.82) is 0 Å². The molecule has 0 atom stereocenters. The van der Waals surface area contributed by atoms with Crippen molar-refractivity contribution in [2.45, 2.75) is 19.3 Å². The van der Waals surface area contributed by atoms with Gasteiger partial charge in [-0.2, -0.15) is 0 Å². The number of para-hydroxylation sites is 1. The SMILES string of the molecule is CC1(C)c2ccccc2N(c2c(-c3ccccc3)ccc3ccccc23)c2cccc(N(c3ccc(-c4ccccc4)cc3)c3ccc4c5ccccc5c5ccccc5c4c3)c21. The second kappa shape index (κ2) is 14.6. The van der Waals surface area contributed by atoms with Crippen molar-refractivity contribution in [3.8, 4) is 22.3 Å². The maximum absolute atomic E-state index is 2.56. The number of rotatable bonds is 6. The predicted octanol–water partition coefficient (Wildman–Crippen LogP) is 17.2. The minimum Gasteiger partial charge on any atom is -0.310 e. The molecular weight excluding hydrogens is 761 g/mol. The van der Waals surface area contributed by atoms with Crippen LogP contribution >= 0.6 is 0 Å². The average molecular weight is 805 g/mol. The maximum atomic E-state index is 2.56. The van der Waals surface area contributed by atoms with E-state index in [9.17, 15) is 0 Å². The molecule has 2 heteroatoms. The van der Waals surface area contributed by atoms with E-state index >= 15 is 0 Å². The third kappa shape index (κ3) is 5.86. The van der Waals surface area contributed by atoms with Gasteiger partial charge in [0.15, 0.2) is 0 Å². The Kier molecular flexibility index (Phi) is 8.55. The Morgan fingerprint density at radius 3 is 1.59 bits per heavy atom. The van der Waals surface area contributed by atoms with Crippen LogP contribution in [0.25, 0.3) is 65.3 Å². The summed E-state index contributed by atoms with van der Waals surface area (Å²) in [5.74, 6) is 0. The van der Waals surface area contributed by atoms with Gasteiger partial charge in [0.25, 0.3) is 0 Å². The summed E-state index contributed by atoms with van der Waals surface area (Å²) >= 11 is 0. The highest BCUT2D eigenvalue weighted by Crippen LogP contribution is 2.58. The van der Waals surface area contributed by atoms with Crippen LogP contribution in [0.15, 0.2) is 231 Å². The van der Waals surface area contributed by atoms with Crippen molar-refractivity contribution in [2.75, 3.05) is 9.80 Å². The monoisotopic (exact) mass is 804 g/mol. The molecule has 11 aromatic rings. The highest BCUT2D eigenvalue weighted by molar-refractivity contribution is 6.26. The van der Waals surface area contributed by atoms with E-state index in [2.05, 4.69) is 254 Å². The van der Waals surface area contributed by atoms with Crippen molar-refractivity contribution < 1.29 is 0 Å². The Labute approximate surface area is 368 Å². The van der Waals surface area contributed by atoms with Gasteiger partial charge in [0.05, 0.1) is 22.7 Å². The summed E-state index contributed by atoms with van der Waals surface area (Å²) in [6.07, 6.45) is 0. The van der Waals surface area contributed by atoms with Crippen LogP contribution in [-0.2, 0) is 5.41 Å². The molecule has 63 heavy (non-hydrogen) atoms. The number of hydrogen-bond donors (Lipinski definition) is 0. The van der Waals surface area contributed by atoms with Gasteiger partial charge in [0.1, 0.15) is 0 Å². The predicted molar refractivity (Wildman–Crippen MR) is 269 cm³/mol. The van der Waals surface area contributed by atoms with Gasteiger partial charge in [-0.1, -0.05) is 202 Å². The summed E-state index contributed by atoms with van der Waals surface area (Å²) in [5, 5.41) is 10.0. The number of fused-ring (bicyclic) bond motifs is 9. The quantitative estimate of drug-likeness (QED) is 0.155. The van der Waals surface area contributed by atoms with Gasteiger partial charge in [0.2, 0.25) is 0 Å². The molecule has 298 valence electrons. The molecule has 1 aliphatic heterocycles. The minimum atomic E-state index is -0.376. The number of nitrogens with zero attached hydrogens (tertiary/aromatic N) is 2. The lowest BCUT2D eigenvalue weighted by Crippen LogP contribution is -2.32. The third-order valence-electron chi connectivity index (χ3n) is 13.4. The molecule has 11 aromatic carbocycles. The Bertz CT molecular complexity index is 3500. The summed E-state index contributed by atoms with van der Waals surface area (Å²) in [6, 6.07) is 84.8. The topological polar surface area (TPSA) is 6.48 Å². The van der Waals surface area contributed by atoms with Crippen LogP contribution in [0.3, 0.4) is 0 Å². The van der Waals surface area contributed by atoms with E-state index in [-0.39, 0.29) is 5.41 Å². The Morgan fingerprint density at radius 1 is 0.365 bits per heavy atom. The first kappa shape index (κ1) is 36.9. The van der Waals surface area contributed by atoms with E-state index < -0.39 is 0 Å². The van der Waals surface area contributed by atoms with Crippen LogP contribution in [0.2, 0.25) is 0 Å². The van der Waals surface area contributed by atoms with Crippen LogP contribution < -0.4 is 9.80 Å². The van der Waals surface area contributed by atoms with E-state index in [1.54, 1.807) is 0 Å². The second-order valence-corrected chi connectivity index (χ2v) is 17.3. The molecule has 0 saturated carbocycles. The summed E-state index contributed by atoms with van der Waals surface area (Å²) in [7, 11) is 0. The van der Waals surface area contributed by atoms with E-state index in [0.717, 1.165) is 17.1 Å². The number of anilines is 6. The van der Waals surface area contributed by atoms with Crippen molar-refractivity contribution >= 4 is 77.2 Å². The molecule has 0 aliphatic carbocycles. The zero-order chi connectivity index (χ0) is 42.1. The van der Waals surface area contributed by atoms with Crippen LogP contribution in [0.4, 0.5) is 34.1 Å². The van der Waals surface area contributed by atoms with E-state index in [1.165, 1.54) is 93.5 Å². The number of hydrogen-bond acceptors (Lipinski definition) is 2. The van der Waals surface area contributed by atoms with Gasteiger partial charge in [0, 0.05) is 33.3 Å². The van der Waals surface area contributed by atoms with Crippen molar-refractivity contribution in [2.24, 2.45) is 0 Å². The van der Waals surface area contributed by atoms with E-state index in [0.29, 0.717) is 0 Å². The average Bonchev–Trinajstić information content (AvgIpc) is 3.35. The molecule has 1 heterocycles. The second-order valence-electron chi connectivity index (χ2n) is 17.3. The summed E-state index contributed by atoms with van der Waals surface area (Å²) < 4.78 is 0. The normalized spacial score (nSPS) is 13.0. The molecule has 2 nitrogen and oxygen atoms in total. The third-order valence-corrected chi connectivity index (χ3v) is 13.4. The fraction of sp³-hybridized carbons (Fsp3) is 0.0492. The van der Waals surface area contributed by atoms with Gasteiger partial charge in [-0.05, 0) is 102 Å². The summed E-state index contributed by atoms with van der Waals surface area (Å²) in [4.78, 5) is 5.06. The maximum Gasteiger partial charge on any atom is 0.0618 e. The van der Waals surface area contributed by atoms with E-state index in [1.807, 2.05) is 0 Å². The van der Waals surface area contributed by atoms with Gasteiger partial charge in [-0.3, -0.25) is 0 Å². The Balaban J connectivity index is 1.16. The number of benzene rings is 11. The van der Waals surface area contributed by atoms with E-state index in [4.69, 9.17) is 0 Å². The first-order chi connectivity index (χ1) is 31.0. The molecule has 0 fully saturated rings. The first-order valence-corrected chi connectivity index (χ1v) is 21.9. The molecule has 1 aliphatic rings. The highest BCUT2D eigenvalue weighted by atomic mass is 15.2. The zero-order valence-electron chi connectivity index (χ0n) is 35.3. The molecule has 0 spiro atoms. The van der Waals surface area contributed by atoms with Crippen LogP contribution in [0.5, 0.6) is 0 Å². The largest absolute Gasteiger partial charge is 0.310 e. The molecule has 0 N–H and O–H groups in total. The van der Waals surface area contributed by atoms with Crippen molar-refractivity contribution in [3.05, 3.63) is 242 Å². The molecule has 0 unspecified atom stereocenters. The fourth-order valence-corrected chi connectivity index (χ4v) is 10.5.